The van der Waals surface area contributed by atoms with E-state index in [2.05, 4.69) is 0 Å². The lowest BCUT2D eigenvalue weighted by Crippen LogP contribution is -1.98. The molecule has 0 amide bonds. The van der Waals surface area contributed by atoms with Crippen molar-refractivity contribution in [3.8, 4) is 0 Å². The molecule has 90 valence electrons. The van der Waals surface area contributed by atoms with Crippen molar-refractivity contribution < 1.29 is 4.39 Å². The van der Waals surface area contributed by atoms with E-state index in [0.717, 1.165) is 11.1 Å². The van der Waals surface area contributed by atoms with Gasteiger partial charge in [-0.1, -0.05) is 69.3 Å². The Morgan fingerprint density at radius 2 is 1.35 bits per heavy atom. The van der Waals surface area contributed by atoms with Crippen LogP contribution in [0.15, 0.2) is 54.6 Å². The maximum Gasteiger partial charge on any atom is 0.127 e. The lowest BCUT2D eigenvalue weighted by molar-refractivity contribution is 0.603. The van der Waals surface area contributed by atoms with E-state index >= 15 is 0 Å². The predicted molar refractivity (Wildman–Crippen MR) is 71.7 cm³/mol. The van der Waals surface area contributed by atoms with Gasteiger partial charge in [0.05, 0.1) is 0 Å². The lowest BCUT2D eigenvalue weighted by atomic mass is 9.93. The highest BCUT2D eigenvalue weighted by atomic mass is 19.1. The number of rotatable bonds is 2. The van der Waals surface area contributed by atoms with Gasteiger partial charge in [-0.15, -0.1) is 0 Å². The van der Waals surface area contributed by atoms with Crippen molar-refractivity contribution in [1.29, 1.82) is 0 Å². The minimum absolute atomic E-state index is 0.104. The summed E-state index contributed by atoms with van der Waals surface area (Å²) in [6, 6.07) is 16.9. The van der Waals surface area contributed by atoms with Crippen LogP contribution in [0.1, 0.15) is 37.8 Å². The molecule has 0 radical (unpaired) electrons. The molecule has 0 aliphatic heterocycles. The van der Waals surface area contributed by atoms with Crippen LogP contribution in [0.5, 0.6) is 0 Å². The normalized spacial score (nSPS) is 11.3. The number of hydrogen-bond donors (Lipinski definition) is 0. The molecule has 17 heavy (non-hydrogen) atoms. The summed E-state index contributed by atoms with van der Waals surface area (Å²) in [5.74, 6) is -0.0266. The Balaban J connectivity index is 0.000000686. The molecule has 0 spiro atoms. The zero-order valence-corrected chi connectivity index (χ0v) is 10.7. The van der Waals surface area contributed by atoms with Crippen LogP contribution in [-0.4, -0.2) is 0 Å². The van der Waals surface area contributed by atoms with Crippen molar-refractivity contribution >= 4 is 0 Å². The maximum absolute atomic E-state index is 13.5. The fourth-order valence-electron chi connectivity index (χ4n) is 1.75. The quantitative estimate of drug-likeness (QED) is 0.680. The van der Waals surface area contributed by atoms with Crippen LogP contribution in [0.4, 0.5) is 4.39 Å². The van der Waals surface area contributed by atoms with Gasteiger partial charge in [0, 0.05) is 5.92 Å². The lowest BCUT2D eigenvalue weighted by Gasteiger charge is -2.12. The van der Waals surface area contributed by atoms with Gasteiger partial charge in [-0.3, -0.25) is 0 Å². The molecule has 2 aromatic carbocycles. The molecule has 0 heterocycles. The number of benzene rings is 2. The van der Waals surface area contributed by atoms with Gasteiger partial charge in [-0.25, -0.2) is 4.39 Å². The molecule has 0 saturated heterocycles. The summed E-state index contributed by atoms with van der Waals surface area (Å²) in [7, 11) is 0. The van der Waals surface area contributed by atoms with Crippen molar-refractivity contribution in [2.24, 2.45) is 0 Å². The molecule has 1 atom stereocenters. The summed E-state index contributed by atoms with van der Waals surface area (Å²) < 4.78 is 13.5. The maximum atomic E-state index is 13.5. The molecule has 0 bridgehead atoms. The standard InChI is InChI=1S/C14H13F.C2H6/c1-11(12-7-3-2-4-8-12)13-9-5-6-10-14(13)15;1-2/h2-11H,1H3;1-2H3. The summed E-state index contributed by atoms with van der Waals surface area (Å²) in [4.78, 5) is 0. The largest absolute Gasteiger partial charge is 0.207 e. The van der Waals surface area contributed by atoms with Crippen molar-refractivity contribution in [2.75, 3.05) is 0 Å². The van der Waals surface area contributed by atoms with Gasteiger partial charge < -0.3 is 0 Å². The van der Waals surface area contributed by atoms with E-state index in [0.29, 0.717) is 0 Å². The Bertz CT molecular complexity index is 434. The van der Waals surface area contributed by atoms with E-state index in [1.54, 1.807) is 6.07 Å². The number of hydrogen-bond acceptors (Lipinski definition) is 0. The summed E-state index contributed by atoms with van der Waals surface area (Å²) in [5.41, 5.74) is 1.89. The molecule has 2 rings (SSSR count). The van der Waals surface area contributed by atoms with Gasteiger partial charge >= 0.3 is 0 Å². The molecule has 2 aromatic rings. The van der Waals surface area contributed by atoms with E-state index in [-0.39, 0.29) is 11.7 Å². The fraction of sp³-hybridized carbons (Fsp3) is 0.250. The molecule has 0 N–H and O–H groups in total. The van der Waals surface area contributed by atoms with Gasteiger partial charge in [-0.2, -0.15) is 0 Å². The van der Waals surface area contributed by atoms with Crippen LogP contribution in [-0.2, 0) is 0 Å². The molecule has 0 nitrogen and oxygen atoms in total. The first kappa shape index (κ1) is 13.4. The van der Waals surface area contributed by atoms with Gasteiger partial charge in [0.15, 0.2) is 0 Å². The van der Waals surface area contributed by atoms with Crippen molar-refractivity contribution in [2.45, 2.75) is 26.7 Å². The van der Waals surface area contributed by atoms with Crippen LogP contribution >= 0.6 is 0 Å². The third-order valence-electron chi connectivity index (χ3n) is 2.67. The van der Waals surface area contributed by atoms with Crippen LogP contribution < -0.4 is 0 Å². The van der Waals surface area contributed by atoms with E-state index < -0.39 is 0 Å². The zero-order chi connectivity index (χ0) is 12.7. The topological polar surface area (TPSA) is 0 Å². The molecule has 0 aliphatic rings. The number of halogens is 1. The van der Waals surface area contributed by atoms with Crippen molar-refractivity contribution in [3.05, 3.63) is 71.5 Å². The molecule has 0 aliphatic carbocycles. The van der Waals surface area contributed by atoms with Crippen LogP contribution in [0, 0.1) is 5.82 Å². The molecule has 1 heteroatoms. The third kappa shape index (κ3) is 3.42. The molecule has 0 saturated carbocycles. The fourth-order valence-corrected chi connectivity index (χ4v) is 1.75. The summed E-state index contributed by atoms with van der Waals surface area (Å²) in [5, 5.41) is 0. The highest BCUT2D eigenvalue weighted by Crippen LogP contribution is 2.25. The highest BCUT2D eigenvalue weighted by molar-refractivity contribution is 5.32. The predicted octanol–water partition coefficient (Wildman–Crippen LogP) is 5.00. The second-order valence-electron chi connectivity index (χ2n) is 3.65. The molecule has 0 aromatic heterocycles. The molecule has 1 unspecified atom stereocenters. The SMILES string of the molecule is CC.CC(c1ccccc1)c1ccccc1F. The Morgan fingerprint density at radius 3 is 1.94 bits per heavy atom. The Kier molecular flexibility index (Phi) is 5.41. The zero-order valence-electron chi connectivity index (χ0n) is 10.7. The Labute approximate surface area is 103 Å². The summed E-state index contributed by atoms with van der Waals surface area (Å²) in [6.45, 7) is 6.02. The minimum atomic E-state index is -0.131. The Morgan fingerprint density at radius 1 is 0.824 bits per heavy atom. The van der Waals surface area contributed by atoms with Crippen LogP contribution in [0.2, 0.25) is 0 Å². The first-order chi connectivity index (χ1) is 8.29. The molecular formula is C16H19F. The second-order valence-corrected chi connectivity index (χ2v) is 3.65. The highest BCUT2D eigenvalue weighted by Gasteiger charge is 2.11. The van der Waals surface area contributed by atoms with Crippen molar-refractivity contribution in [1.82, 2.24) is 0 Å². The first-order valence-corrected chi connectivity index (χ1v) is 6.08. The van der Waals surface area contributed by atoms with Crippen LogP contribution in [0.25, 0.3) is 0 Å². The van der Waals surface area contributed by atoms with E-state index in [9.17, 15) is 4.39 Å². The summed E-state index contributed by atoms with van der Waals surface area (Å²) in [6.07, 6.45) is 0. The second kappa shape index (κ2) is 6.85. The summed E-state index contributed by atoms with van der Waals surface area (Å²) >= 11 is 0. The van der Waals surface area contributed by atoms with E-state index in [1.807, 2.05) is 63.2 Å². The van der Waals surface area contributed by atoms with Gasteiger partial charge in [0.25, 0.3) is 0 Å². The minimum Gasteiger partial charge on any atom is -0.207 e. The van der Waals surface area contributed by atoms with Crippen LogP contribution in [0.3, 0.4) is 0 Å². The average molecular weight is 230 g/mol. The molecular weight excluding hydrogens is 211 g/mol. The Hall–Kier alpha value is -1.63. The smallest absolute Gasteiger partial charge is 0.127 e. The van der Waals surface area contributed by atoms with Gasteiger partial charge in [0.2, 0.25) is 0 Å². The third-order valence-corrected chi connectivity index (χ3v) is 2.67. The average Bonchev–Trinajstić information content (AvgIpc) is 2.42. The van der Waals surface area contributed by atoms with Gasteiger partial charge in [0.1, 0.15) is 5.82 Å². The monoisotopic (exact) mass is 230 g/mol. The first-order valence-electron chi connectivity index (χ1n) is 6.08. The van der Waals surface area contributed by atoms with Crippen molar-refractivity contribution in [3.63, 3.8) is 0 Å². The van der Waals surface area contributed by atoms with E-state index in [1.165, 1.54) is 6.07 Å². The molecule has 0 fully saturated rings. The van der Waals surface area contributed by atoms with E-state index in [4.69, 9.17) is 0 Å². The van der Waals surface area contributed by atoms with Gasteiger partial charge in [-0.05, 0) is 17.2 Å².